The molecule has 0 atom stereocenters. The number of carbonyl (C=O) groups excluding carboxylic acids is 1. The molecule has 3 rings (SSSR count). The minimum absolute atomic E-state index is 0.0493. The number of thiophene rings is 1. The van der Waals surface area contributed by atoms with Crippen LogP contribution in [0.2, 0.25) is 0 Å². The Bertz CT molecular complexity index is 818. The molecule has 1 amide bonds. The second-order valence-electron chi connectivity index (χ2n) is 5.98. The topological polar surface area (TPSA) is 48.1 Å². The van der Waals surface area contributed by atoms with Gasteiger partial charge in [-0.2, -0.15) is 0 Å². The molecular formula is C18H21N3OS. The second kappa shape index (κ2) is 6.56. The van der Waals surface area contributed by atoms with Gasteiger partial charge in [0, 0.05) is 23.5 Å². The minimum atomic E-state index is -0.0493. The van der Waals surface area contributed by atoms with E-state index in [0.717, 1.165) is 23.2 Å². The quantitative estimate of drug-likeness (QED) is 0.753. The molecule has 0 saturated carbocycles. The van der Waals surface area contributed by atoms with E-state index in [9.17, 15) is 4.79 Å². The maximum Gasteiger partial charge on any atom is 0.268 e. The maximum absolute atomic E-state index is 12.6. The molecule has 0 aliphatic heterocycles. The van der Waals surface area contributed by atoms with Crippen LogP contribution in [0.15, 0.2) is 36.4 Å². The van der Waals surface area contributed by atoms with Gasteiger partial charge in [-0.3, -0.25) is 4.79 Å². The Balaban J connectivity index is 1.85. The lowest BCUT2D eigenvalue weighted by atomic mass is 10.2. The molecule has 120 valence electrons. The van der Waals surface area contributed by atoms with Crippen LogP contribution in [0.5, 0.6) is 0 Å². The maximum atomic E-state index is 12.6. The number of H-pyrrole nitrogens is 1. The van der Waals surface area contributed by atoms with Crippen molar-refractivity contribution < 1.29 is 4.79 Å². The molecule has 3 aromatic rings. The van der Waals surface area contributed by atoms with Crippen molar-refractivity contribution in [2.45, 2.75) is 20.0 Å². The van der Waals surface area contributed by atoms with E-state index < -0.39 is 0 Å². The van der Waals surface area contributed by atoms with E-state index in [0.29, 0.717) is 12.2 Å². The van der Waals surface area contributed by atoms with Crippen molar-refractivity contribution in [2.75, 3.05) is 14.1 Å². The Morgan fingerprint density at radius 2 is 2.00 bits per heavy atom. The monoisotopic (exact) mass is 327 g/mol. The van der Waals surface area contributed by atoms with Crippen molar-refractivity contribution in [3.05, 3.63) is 58.1 Å². The van der Waals surface area contributed by atoms with Gasteiger partial charge in [0.2, 0.25) is 0 Å². The smallest absolute Gasteiger partial charge is 0.268 e. The molecule has 2 aromatic heterocycles. The molecule has 2 heterocycles. The number of carbonyl (C=O) groups is 1. The lowest BCUT2D eigenvalue weighted by Gasteiger charge is -2.11. The van der Waals surface area contributed by atoms with Gasteiger partial charge in [-0.05, 0) is 32.6 Å². The molecule has 4 nitrogen and oxygen atoms in total. The summed E-state index contributed by atoms with van der Waals surface area (Å²) >= 11 is 1.74. The van der Waals surface area contributed by atoms with Gasteiger partial charge in [-0.25, -0.2) is 0 Å². The standard InChI is InChI=1S/C18H21N3OS/c1-12-9-15-17(23-12)14(11-21(2)3)16(20-15)18(22)19-10-13-7-5-4-6-8-13/h4-9,20H,10-11H2,1-3H3,(H,19,22). The largest absolute Gasteiger partial charge is 0.350 e. The number of fused-ring (bicyclic) bond motifs is 1. The Morgan fingerprint density at radius 3 is 2.70 bits per heavy atom. The van der Waals surface area contributed by atoms with E-state index >= 15 is 0 Å². The molecule has 0 saturated heterocycles. The fraction of sp³-hybridized carbons (Fsp3) is 0.278. The lowest BCUT2D eigenvalue weighted by Crippen LogP contribution is -2.25. The van der Waals surface area contributed by atoms with E-state index in [4.69, 9.17) is 0 Å². The summed E-state index contributed by atoms with van der Waals surface area (Å²) in [6.45, 7) is 3.37. The first-order valence-corrected chi connectivity index (χ1v) is 8.44. The zero-order valence-electron chi connectivity index (χ0n) is 13.6. The van der Waals surface area contributed by atoms with Crippen molar-refractivity contribution in [2.24, 2.45) is 0 Å². The fourth-order valence-corrected chi connectivity index (χ4v) is 3.69. The molecule has 0 fully saturated rings. The zero-order chi connectivity index (χ0) is 16.4. The average molecular weight is 327 g/mol. The summed E-state index contributed by atoms with van der Waals surface area (Å²) in [5.41, 5.74) is 3.90. The van der Waals surface area contributed by atoms with Crippen molar-refractivity contribution >= 4 is 27.5 Å². The van der Waals surface area contributed by atoms with Crippen molar-refractivity contribution in [3.63, 3.8) is 0 Å². The predicted octanol–water partition coefficient (Wildman–Crippen LogP) is 3.53. The summed E-state index contributed by atoms with van der Waals surface area (Å²) in [5.74, 6) is -0.0493. The van der Waals surface area contributed by atoms with E-state index in [2.05, 4.69) is 28.2 Å². The first kappa shape index (κ1) is 15.8. The highest BCUT2D eigenvalue weighted by atomic mass is 32.1. The van der Waals surface area contributed by atoms with Gasteiger partial charge < -0.3 is 15.2 Å². The zero-order valence-corrected chi connectivity index (χ0v) is 14.5. The van der Waals surface area contributed by atoms with Crippen LogP contribution in [-0.2, 0) is 13.1 Å². The number of aromatic nitrogens is 1. The van der Waals surface area contributed by atoms with Gasteiger partial charge in [0.15, 0.2) is 0 Å². The summed E-state index contributed by atoms with van der Waals surface area (Å²) in [5, 5.41) is 3.01. The van der Waals surface area contributed by atoms with Crippen LogP contribution in [-0.4, -0.2) is 29.9 Å². The Kier molecular flexibility index (Phi) is 4.50. The van der Waals surface area contributed by atoms with Gasteiger partial charge in [0.25, 0.3) is 5.91 Å². The number of benzene rings is 1. The number of amides is 1. The van der Waals surface area contributed by atoms with Gasteiger partial charge in [-0.15, -0.1) is 11.3 Å². The second-order valence-corrected chi connectivity index (χ2v) is 7.24. The molecular weight excluding hydrogens is 306 g/mol. The number of rotatable bonds is 5. The molecule has 0 bridgehead atoms. The van der Waals surface area contributed by atoms with Gasteiger partial charge in [-0.1, -0.05) is 30.3 Å². The third-order valence-electron chi connectivity index (χ3n) is 3.69. The Morgan fingerprint density at radius 1 is 1.26 bits per heavy atom. The summed E-state index contributed by atoms with van der Waals surface area (Å²) in [6.07, 6.45) is 0. The molecule has 1 aromatic carbocycles. The van der Waals surface area contributed by atoms with E-state index in [1.54, 1.807) is 11.3 Å². The third kappa shape index (κ3) is 3.46. The first-order valence-electron chi connectivity index (χ1n) is 7.62. The van der Waals surface area contributed by atoms with Crippen LogP contribution in [0.4, 0.5) is 0 Å². The molecule has 0 aliphatic carbocycles. The Labute approximate surface area is 140 Å². The number of hydrogen-bond donors (Lipinski definition) is 2. The highest BCUT2D eigenvalue weighted by Crippen LogP contribution is 2.31. The van der Waals surface area contributed by atoms with Crippen molar-refractivity contribution in [1.82, 2.24) is 15.2 Å². The van der Waals surface area contributed by atoms with Crippen LogP contribution in [0.1, 0.15) is 26.5 Å². The SMILES string of the molecule is Cc1cc2[nH]c(C(=O)NCc3ccccc3)c(CN(C)C)c2s1. The molecule has 0 radical (unpaired) electrons. The van der Waals surface area contributed by atoms with Crippen LogP contribution in [0.3, 0.4) is 0 Å². The third-order valence-corrected chi connectivity index (χ3v) is 4.80. The van der Waals surface area contributed by atoms with Gasteiger partial charge in [0.05, 0.1) is 10.2 Å². The van der Waals surface area contributed by atoms with E-state index in [1.807, 2.05) is 44.4 Å². The summed E-state index contributed by atoms with van der Waals surface area (Å²) in [7, 11) is 4.04. The number of nitrogens with zero attached hydrogens (tertiary/aromatic N) is 1. The number of aryl methyl sites for hydroxylation is 1. The molecule has 5 heteroatoms. The normalized spacial score (nSPS) is 11.3. The number of nitrogens with one attached hydrogen (secondary N) is 2. The first-order chi connectivity index (χ1) is 11.0. The molecule has 0 unspecified atom stereocenters. The molecule has 0 spiro atoms. The van der Waals surface area contributed by atoms with E-state index in [-0.39, 0.29) is 5.91 Å². The van der Waals surface area contributed by atoms with Crippen LogP contribution in [0.25, 0.3) is 10.2 Å². The highest BCUT2D eigenvalue weighted by molar-refractivity contribution is 7.19. The lowest BCUT2D eigenvalue weighted by molar-refractivity contribution is 0.0945. The summed E-state index contributed by atoms with van der Waals surface area (Å²) in [6, 6.07) is 12.1. The predicted molar refractivity (Wildman–Crippen MR) is 95.9 cm³/mol. The fourth-order valence-electron chi connectivity index (χ4n) is 2.68. The van der Waals surface area contributed by atoms with Gasteiger partial charge in [0.1, 0.15) is 5.69 Å². The molecule has 0 aliphatic rings. The van der Waals surface area contributed by atoms with Crippen LogP contribution < -0.4 is 5.32 Å². The minimum Gasteiger partial charge on any atom is -0.350 e. The molecule has 2 N–H and O–H groups in total. The number of aromatic amines is 1. The van der Waals surface area contributed by atoms with Crippen molar-refractivity contribution in [3.8, 4) is 0 Å². The van der Waals surface area contributed by atoms with Crippen LogP contribution in [0, 0.1) is 6.92 Å². The van der Waals surface area contributed by atoms with Crippen LogP contribution >= 0.6 is 11.3 Å². The highest BCUT2D eigenvalue weighted by Gasteiger charge is 2.19. The average Bonchev–Trinajstić information content (AvgIpc) is 3.03. The Hall–Kier alpha value is -2.11. The number of hydrogen-bond acceptors (Lipinski definition) is 3. The van der Waals surface area contributed by atoms with Crippen molar-refractivity contribution in [1.29, 1.82) is 0 Å². The summed E-state index contributed by atoms with van der Waals surface area (Å²) < 4.78 is 1.18. The summed E-state index contributed by atoms with van der Waals surface area (Å²) in [4.78, 5) is 19.3. The molecule has 23 heavy (non-hydrogen) atoms. The van der Waals surface area contributed by atoms with Gasteiger partial charge >= 0.3 is 0 Å². The van der Waals surface area contributed by atoms with E-state index in [1.165, 1.54) is 9.58 Å².